The monoisotopic (exact) mass is 495 g/mol. The minimum Gasteiger partial charge on any atom is -0.378 e. The van der Waals surface area contributed by atoms with E-state index in [1.807, 2.05) is 38.4 Å². The van der Waals surface area contributed by atoms with Crippen LogP contribution in [0.2, 0.25) is 0 Å². The number of pyridine rings is 1. The van der Waals surface area contributed by atoms with Crippen LogP contribution in [0.5, 0.6) is 0 Å². The predicted molar refractivity (Wildman–Crippen MR) is 148 cm³/mol. The number of hydrogen-bond acceptors (Lipinski definition) is 5. The van der Waals surface area contributed by atoms with Gasteiger partial charge in [0.1, 0.15) is 5.82 Å². The average molecular weight is 496 g/mol. The molecule has 7 nitrogen and oxygen atoms in total. The first-order valence-corrected chi connectivity index (χ1v) is 13.0. The summed E-state index contributed by atoms with van der Waals surface area (Å²) in [4.78, 5) is 22.0. The van der Waals surface area contributed by atoms with E-state index in [4.69, 9.17) is 4.74 Å². The van der Waals surface area contributed by atoms with Crippen molar-refractivity contribution in [2.45, 2.75) is 24.8 Å². The number of amides is 1. The molecule has 0 radical (unpaired) electrons. The molecular formula is C30H33N5O2. The van der Waals surface area contributed by atoms with E-state index >= 15 is 0 Å². The number of rotatable bonds is 6. The summed E-state index contributed by atoms with van der Waals surface area (Å²) in [5, 5.41) is 4.16. The Morgan fingerprint density at radius 1 is 1.00 bits per heavy atom. The first-order chi connectivity index (χ1) is 18.0. The number of carbonyl (C=O) groups is 1. The van der Waals surface area contributed by atoms with E-state index in [0.717, 1.165) is 50.5 Å². The maximum Gasteiger partial charge on any atom is 0.256 e. The van der Waals surface area contributed by atoms with Gasteiger partial charge in [-0.3, -0.25) is 9.69 Å². The molecule has 2 fully saturated rings. The Morgan fingerprint density at radius 2 is 1.76 bits per heavy atom. The van der Waals surface area contributed by atoms with Gasteiger partial charge in [0.15, 0.2) is 0 Å². The molecule has 0 saturated carbocycles. The number of likely N-dealkylation sites (tertiary alicyclic amines) is 1. The zero-order valence-electron chi connectivity index (χ0n) is 21.4. The highest BCUT2D eigenvalue weighted by atomic mass is 16.5. The predicted octanol–water partition coefficient (Wildman–Crippen LogP) is 5.17. The largest absolute Gasteiger partial charge is 0.378 e. The number of hydrogen-bond donors (Lipinski definition) is 1. The molecule has 2 aliphatic heterocycles. The Balaban J connectivity index is 1.10. The Labute approximate surface area is 217 Å². The van der Waals surface area contributed by atoms with Crippen molar-refractivity contribution in [3.63, 3.8) is 0 Å². The summed E-state index contributed by atoms with van der Waals surface area (Å²) in [6, 6.07) is 21.1. The lowest BCUT2D eigenvalue weighted by molar-refractivity contribution is -0.0712. The van der Waals surface area contributed by atoms with Crippen LogP contribution < -0.4 is 10.2 Å². The van der Waals surface area contributed by atoms with Crippen LogP contribution in [0.1, 0.15) is 34.7 Å². The lowest BCUT2D eigenvalue weighted by atomic mass is 9.88. The SMILES string of the molecule is CN(c1ccnc(NC(=O)c2ccc(C3CCN(C4COC4)CC3)cc2)c1)c1ccc2c(ccn2C)c1. The Kier molecular flexibility index (Phi) is 6.40. The molecule has 0 aliphatic carbocycles. The quantitative estimate of drug-likeness (QED) is 0.400. The summed E-state index contributed by atoms with van der Waals surface area (Å²) in [6.45, 7) is 4.01. The second kappa shape index (κ2) is 10.00. The van der Waals surface area contributed by atoms with Crippen molar-refractivity contribution in [1.82, 2.24) is 14.5 Å². The van der Waals surface area contributed by atoms with Crippen molar-refractivity contribution in [2.75, 3.05) is 43.6 Å². The molecule has 0 bridgehead atoms. The zero-order chi connectivity index (χ0) is 25.4. The molecule has 2 aliphatic rings. The van der Waals surface area contributed by atoms with Gasteiger partial charge in [-0.1, -0.05) is 12.1 Å². The fourth-order valence-corrected chi connectivity index (χ4v) is 5.45. The van der Waals surface area contributed by atoms with Crippen molar-refractivity contribution < 1.29 is 9.53 Å². The molecule has 0 atom stereocenters. The first kappa shape index (κ1) is 23.7. The van der Waals surface area contributed by atoms with Crippen LogP contribution in [-0.4, -0.2) is 59.8 Å². The number of aromatic nitrogens is 2. The van der Waals surface area contributed by atoms with Gasteiger partial charge < -0.3 is 19.5 Å². The number of anilines is 3. The maximum atomic E-state index is 13.0. The molecule has 2 aromatic heterocycles. The molecule has 0 spiro atoms. The molecule has 4 aromatic rings. The molecule has 37 heavy (non-hydrogen) atoms. The van der Waals surface area contributed by atoms with Crippen molar-refractivity contribution in [2.24, 2.45) is 7.05 Å². The lowest BCUT2D eigenvalue weighted by Gasteiger charge is -2.41. The second-order valence-electron chi connectivity index (χ2n) is 10.2. The first-order valence-electron chi connectivity index (χ1n) is 13.0. The Hall–Kier alpha value is -3.68. The molecule has 0 unspecified atom stereocenters. The fraction of sp³-hybridized carbons (Fsp3) is 0.333. The number of ether oxygens (including phenoxy) is 1. The van der Waals surface area contributed by atoms with E-state index in [9.17, 15) is 4.79 Å². The Bertz CT molecular complexity index is 1400. The molecule has 190 valence electrons. The number of nitrogens with one attached hydrogen (secondary N) is 1. The Morgan fingerprint density at radius 3 is 2.49 bits per heavy atom. The van der Waals surface area contributed by atoms with Gasteiger partial charge in [-0.05, 0) is 79.9 Å². The molecule has 6 rings (SSSR count). The molecule has 1 N–H and O–H groups in total. The molecule has 2 aromatic carbocycles. The minimum absolute atomic E-state index is 0.149. The fourth-order valence-electron chi connectivity index (χ4n) is 5.45. The third-order valence-corrected chi connectivity index (χ3v) is 7.94. The van der Waals surface area contributed by atoms with E-state index in [1.54, 1.807) is 6.20 Å². The summed E-state index contributed by atoms with van der Waals surface area (Å²) in [7, 11) is 4.07. The van der Waals surface area contributed by atoms with Gasteiger partial charge in [-0.25, -0.2) is 4.98 Å². The smallest absolute Gasteiger partial charge is 0.256 e. The van der Waals surface area contributed by atoms with Crippen molar-refractivity contribution in [1.29, 1.82) is 0 Å². The van der Waals surface area contributed by atoms with Gasteiger partial charge >= 0.3 is 0 Å². The van der Waals surface area contributed by atoms with Gasteiger partial charge in [0.2, 0.25) is 0 Å². The standard InChI is InChI=1S/C30H33N5O2/c1-33-14-10-24-17-25(7-8-28(24)33)34(2)26-9-13-31-29(18-26)32-30(36)23-5-3-21(4-6-23)22-11-15-35(16-12-22)27-19-37-20-27/h3-10,13-14,17-18,22,27H,11-12,15-16,19-20H2,1-2H3,(H,31,32,36). The van der Waals surface area contributed by atoms with Crippen LogP contribution in [0.25, 0.3) is 10.9 Å². The number of nitrogens with zero attached hydrogens (tertiary/aromatic N) is 4. The van der Waals surface area contributed by atoms with Crippen molar-refractivity contribution in [3.05, 3.63) is 84.2 Å². The summed E-state index contributed by atoms with van der Waals surface area (Å²) >= 11 is 0. The normalized spacial score (nSPS) is 17.0. The van der Waals surface area contributed by atoms with E-state index in [1.165, 1.54) is 16.5 Å². The number of aryl methyl sites for hydroxylation is 1. The number of carbonyl (C=O) groups excluding carboxylic acids is 1. The number of piperidine rings is 1. The summed E-state index contributed by atoms with van der Waals surface area (Å²) in [5.41, 5.74) is 5.18. The van der Waals surface area contributed by atoms with Crippen LogP contribution in [-0.2, 0) is 11.8 Å². The van der Waals surface area contributed by atoms with E-state index in [-0.39, 0.29) is 5.91 Å². The second-order valence-corrected chi connectivity index (χ2v) is 10.2. The summed E-state index contributed by atoms with van der Waals surface area (Å²) < 4.78 is 7.46. The van der Waals surface area contributed by atoms with Gasteiger partial charge in [0.05, 0.1) is 19.3 Å². The van der Waals surface area contributed by atoms with Gasteiger partial charge in [-0.15, -0.1) is 0 Å². The molecule has 4 heterocycles. The van der Waals surface area contributed by atoms with Crippen LogP contribution in [0.15, 0.2) is 73.1 Å². The van der Waals surface area contributed by atoms with Crippen LogP contribution in [0.4, 0.5) is 17.2 Å². The maximum absolute atomic E-state index is 13.0. The lowest BCUT2D eigenvalue weighted by Crippen LogP contribution is -2.51. The highest BCUT2D eigenvalue weighted by Crippen LogP contribution is 2.31. The van der Waals surface area contributed by atoms with Crippen LogP contribution >= 0.6 is 0 Å². The van der Waals surface area contributed by atoms with Crippen LogP contribution in [0.3, 0.4) is 0 Å². The van der Waals surface area contributed by atoms with Crippen LogP contribution in [0, 0.1) is 0 Å². The third kappa shape index (κ3) is 4.84. The summed E-state index contributed by atoms with van der Waals surface area (Å²) in [6.07, 6.45) is 6.11. The highest BCUT2D eigenvalue weighted by molar-refractivity contribution is 6.04. The van der Waals surface area contributed by atoms with Gasteiger partial charge in [0.25, 0.3) is 5.91 Å². The molecule has 7 heteroatoms. The highest BCUT2D eigenvalue weighted by Gasteiger charge is 2.30. The third-order valence-electron chi connectivity index (χ3n) is 7.94. The average Bonchev–Trinajstić information content (AvgIpc) is 3.28. The van der Waals surface area contributed by atoms with Crippen molar-refractivity contribution in [3.8, 4) is 0 Å². The molecular weight excluding hydrogens is 462 g/mol. The van der Waals surface area contributed by atoms with Gasteiger partial charge in [-0.2, -0.15) is 0 Å². The minimum atomic E-state index is -0.149. The number of fused-ring (bicyclic) bond motifs is 1. The van der Waals surface area contributed by atoms with Gasteiger partial charge in [0, 0.05) is 60.4 Å². The van der Waals surface area contributed by atoms with E-state index in [0.29, 0.717) is 23.3 Å². The van der Waals surface area contributed by atoms with Crippen molar-refractivity contribution >= 4 is 34.0 Å². The van der Waals surface area contributed by atoms with E-state index < -0.39 is 0 Å². The molecule has 2 saturated heterocycles. The number of benzene rings is 2. The summed E-state index contributed by atoms with van der Waals surface area (Å²) in [5.74, 6) is 0.939. The van der Waals surface area contributed by atoms with E-state index in [2.05, 4.69) is 67.3 Å². The molecule has 1 amide bonds. The zero-order valence-corrected chi connectivity index (χ0v) is 21.4. The topological polar surface area (TPSA) is 62.6 Å².